The number of ketones is 2. The van der Waals surface area contributed by atoms with E-state index in [-0.39, 0.29) is 48.6 Å². The number of carbonyl (C=O) groups is 4. The zero-order chi connectivity index (χ0) is 20.9. The average molecular weight is 398 g/mol. The van der Waals surface area contributed by atoms with Crippen molar-refractivity contribution in [2.45, 2.75) is 76.3 Å². The zero-order valence-electron chi connectivity index (χ0n) is 16.2. The Hall–Kier alpha value is -2.52. The molecule has 2 aliphatic carbocycles. The van der Waals surface area contributed by atoms with Gasteiger partial charge >= 0.3 is 23.0 Å². The van der Waals surface area contributed by atoms with E-state index in [2.05, 4.69) is 0 Å². The SMILES string of the molecule is CCOC(=O)C1(/[N+]([O-])=[N+](\[O-])C2(C(=O)OCC)CCCCC2=O)CCCCC1=O. The van der Waals surface area contributed by atoms with Crippen molar-refractivity contribution in [3.05, 3.63) is 10.4 Å². The van der Waals surface area contributed by atoms with E-state index in [0.29, 0.717) is 25.7 Å². The summed E-state index contributed by atoms with van der Waals surface area (Å²) in [6, 6.07) is 0. The highest BCUT2D eigenvalue weighted by Gasteiger charge is 2.67. The van der Waals surface area contributed by atoms with Crippen molar-refractivity contribution >= 4 is 23.5 Å². The van der Waals surface area contributed by atoms with Crippen molar-refractivity contribution in [3.63, 3.8) is 0 Å². The number of esters is 2. The fourth-order valence-electron chi connectivity index (χ4n) is 3.83. The third-order valence-electron chi connectivity index (χ3n) is 5.35. The Labute approximate surface area is 162 Å². The monoisotopic (exact) mass is 398 g/mol. The number of hydroxylamine groups is 2. The molecule has 0 radical (unpaired) electrons. The molecule has 0 amide bonds. The van der Waals surface area contributed by atoms with Crippen LogP contribution in [0.5, 0.6) is 0 Å². The predicted octanol–water partition coefficient (Wildman–Crippen LogP) is 1.35. The Morgan fingerprint density at radius 2 is 1.18 bits per heavy atom. The van der Waals surface area contributed by atoms with Gasteiger partial charge in [0.2, 0.25) is 11.6 Å². The number of rotatable bonds is 6. The Morgan fingerprint density at radius 1 is 0.821 bits per heavy atom. The van der Waals surface area contributed by atoms with Gasteiger partial charge in [0, 0.05) is 25.7 Å². The van der Waals surface area contributed by atoms with Gasteiger partial charge in [-0.05, 0) is 39.5 Å². The van der Waals surface area contributed by atoms with Crippen LogP contribution in [0.4, 0.5) is 0 Å². The summed E-state index contributed by atoms with van der Waals surface area (Å²) < 4.78 is 9.83. The standard InChI is InChI=1S/C18H26N2O8/c1-3-27-15(23)17(11-7-5-9-13(17)21)19(25)20(26)18(16(24)28-4-2)12-8-6-10-14(18)22/h3-12H2,1-2H3/b20-19+. The van der Waals surface area contributed by atoms with Gasteiger partial charge in [-0.3, -0.25) is 9.59 Å². The average Bonchev–Trinajstić information content (AvgIpc) is 2.68. The van der Waals surface area contributed by atoms with Gasteiger partial charge in [0.05, 0.1) is 22.9 Å². The highest BCUT2D eigenvalue weighted by molar-refractivity contribution is 6.08. The molecule has 28 heavy (non-hydrogen) atoms. The summed E-state index contributed by atoms with van der Waals surface area (Å²) in [5, 5.41) is 26.3. The van der Waals surface area contributed by atoms with Gasteiger partial charge in [0.15, 0.2) is 0 Å². The number of carbonyl (C=O) groups excluding carboxylic acids is 4. The smallest absolute Gasteiger partial charge is 0.395 e. The van der Waals surface area contributed by atoms with Crippen LogP contribution >= 0.6 is 0 Å². The second-order valence-electron chi connectivity index (χ2n) is 6.97. The Morgan fingerprint density at radius 3 is 1.46 bits per heavy atom. The maximum absolute atomic E-state index is 13.2. The summed E-state index contributed by atoms with van der Waals surface area (Å²) in [6.07, 6.45) is 1.02. The van der Waals surface area contributed by atoms with E-state index in [9.17, 15) is 29.6 Å². The molecular formula is C18H26N2O8. The molecule has 0 N–H and O–H groups in total. The maximum Gasteiger partial charge on any atom is 0.395 e. The van der Waals surface area contributed by atoms with E-state index in [1.807, 2.05) is 0 Å². The van der Waals surface area contributed by atoms with E-state index in [1.165, 1.54) is 13.8 Å². The van der Waals surface area contributed by atoms with Crippen molar-refractivity contribution in [1.29, 1.82) is 0 Å². The molecule has 0 aliphatic heterocycles. The lowest BCUT2D eigenvalue weighted by Crippen LogP contribution is -2.64. The van der Waals surface area contributed by atoms with Crippen LogP contribution in [-0.4, -0.2) is 57.5 Å². The highest BCUT2D eigenvalue weighted by atomic mass is 16.6. The largest absolute Gasteiger partial charge is 0.566 e. The molecular weight excluding hydrogens is 372 g/mol. The van der Waals surface area contributed by atoms with Crippen LogP contribution in [0.15, 0.2) is 0 Å². The van der Waals surface area contributed by atoms with Gasteiger partial charge in [0.1, 0.15) is 0 Å². The minimum absolute atomic E-state index is 0.0776. The molecule has 2 saturated carbocycles. The molecule has 2 aliphatic rings. The van der Waals surface area contributed by atoms with E-state index in [0.717, 1.165) is 0 Å². The molecule has 0 aromatic rings. The number of hydrogen-bond acceptors (Lipinski definition) is 8. The predicted molar refractivity (Wildman–Crippen MR) is 92.9 cm³/mol. The topological polar surface area (TPSA) is 139 Å². The van der Waals surface area contributed by atoms with Crippen LogP contribution in [-0.2, 0) is 28.7 Å². The second-order valence-corrected chi connectivity index (χ2v) is 6.97. The van der Waals surface area contributed by atoms with E-state index in [1.54, 1.807) is 0 Å². The minimum Gasteiger partial charge on any atom is -0.566 e. The van der Waals surface area contributed by atoms with E-state index in [4.69, 9.17) is 9.47 Å². The Kier molecular flexibility index (Phi) is 6.73. The van der Waals surface area contributed by atoms with Gasteiger partial charge in [-0.25, -0.2) is 9.59 Å². The maximum atomic E-state index is 13.2. The van der Waals surface area contributed by atoms with Gasteiger partial charge < -0.3 is 19.9 Å². The Bertz CT molecular complexity index is 646. The lowest BCUT2D eigenvalue weighted by Gasteiger charge is -2.32. The van der Waals surface area contributed by atoms with Crippen LogP contribution in [0, 0.1) is 10.4 Å². The van der Waals surface area contributed by atoms with E-state index < -0.39 is 34.6 Å². The first kappa shape index (κ1) is 21.8. The van der Waals surface area contributed by atoms with Crippen molar-refractivity contribution in [1.82, 2.24) is 0 Å². The minimum atomic E-state index is -2.40. The molecule has 0 aromatic heterocycles. The molecule has 156 valence electrons. The zero-order valence-corrected chi connectivity index (χ0v) is 16.2. The molecule has 0 heterocycles. The highest BCUT2D eigenvalue weighted by Crippen LogP contribution is 2.34. The molecule has 0 bridgehead atoms. The summed E-state index contributed by atoms with van der Waals surface area (Å²) in [4.78, 5) is 49.8. The molecule has 2 fully saturated rings. The van der Waals surface area contributed by atoms with Crippen LogP contribution in [0.25, 0.3) is 0 Å². The molecule has 0 aromatic carbocycles. The van der Waals surface area contributed by atoms with Crippen molar-refractivity contribution in [2.75, 3.05) is 13.2 Å². The second kappa shape index (κ2) is 8.66. The van der Waals surface area contributed by atoms with Gasteiger partial charge in [-0.2, -0.15) is 0 Å². The lowest BCUT2D eigenvalue weighted by molar-refractivity contribution is -1.00. The summed E-state index contributed by atoms with van der Waals surface area (Å²) in [5.41, 5.74) is -4.79. The first-order chi connectivity index (χ1) is 13.3. The quantitative estimate of drug-likeness (QED) is 0.215. The van der Waals surface area contributed by atoms with Crippen LogP contribution < -0.4 is 0 Å². The summed E-state index contributed by atoms with van der Waals surface area (Å²) >= 11 is 0. The first-order valence-electron chi connectivity index (χ1n) is 9.64. The van der Waals surface area contributed by atoms with E-state index >= 15 is 0 Å². The van der Waals surface area contributed by atoms with Gasteiger partial charge in [-0.15, -0.1) is 0 Å². The van der Waals surface area contributed by atoms with Crippen molar-refractivity contribution < 1.29 is 38.4 Å². The summed E-state index contributed by atoms with van der Waals surface area (Å²) in [5.74, 6) is -3.79. The third kappa shape index (κ3) is 3.35. The molecule has 2 atom stereocenters. The normalized spacial score (nSPS) is 29.1. The number of azo groups is 1. The summed E-state index contributed by atoms with van der Waals surface area (Å²) in [7, 11) is 0. The third-order valence-corrected chi connectivity index (χ3v) is 5.35. The van der Waals surface area contributed by atoms with Crippen LogP contribution in [0.2, 0.25) is 0 Å². The Balaban J connectivity index is 2.67. The number of nitrogens with zero attached hydrogens (tertiary/aromatic N) is 2. The fraction of sp³-hybridized carbons (Fsp3) is 0.778. The van der Waals surface area contributed by atoms with Crippen LogP contribution in [0.3, 0.4) is 0 Å². The number of ether oxygens (including phenoxy) is 2. The molecule has 0 saturated heterocycles. The molecule has 2 unspecified atom stereocenters. The number of hydrogen-bond donors (Lipinski definition) is 0. The molecule has 2 rings (SSSR count). The first-order valence-corrected chi connectivity index (χ1v) is 9.64. The van der Waals surface area contributed by atoms with Gasteiger partial charge in [-0.1, -0.05) is 0 Å². The molecule has 0 spiro atoms. The summed E-state index contributed by atoms with van der Waals surface area (Å²) in [6.45, 7) is 2.83. The molecule has 10 nitrogen and oxygen atoms in total. The van der Waals surface area contributed by atoms with Crippen LogP contribution in [0.1, 0.15) is 65.2 Å². The fourth-order valence-corrected chi connectivity index (χ4v) is 3.83. The van der Waals surface area contributed by atoms with Crippen molar-refractivity contribution in [2.24, 2.45) is 0 Å². The molecule has 10 heteroatoms. The number of Topliss-reactive ketones (excluding diaryl/α,β-unsaturated/α-hetero) is 2. The lowest BCUT2D eigenvalue weighted by atomic mass is 9.79. The van der Waals surface area contributed by atoms with Crippen molar-refractivity contribution in [3.8, 4) is 0 Å². The van der Waals surface area contributed by atoms with Gasteiger partial charge in [0.25, 0.3) is 0 Å².